The topological polar surface area (TPSA) is 228 Å². The van der Waals surface area contributed by atoms with Gasteiger partial charge in [0.05, 0.1) is 32.0 Å². The van der Waals surface area contributed by atoms with Crippen molar-refractivity contribution in [3.8, 4) is 0 Å². The summed E-state index contributed by atoms with van der Waals surface area (Å²) in [7, 11) is 0. The predicted molar refractivity (Wildman–Crippen MR) is 263 cm³/mol. The molecule has 0 aromatic carbocycles. The van der Waals surface area contributed by atoms with E-state index in [4.69, 9.17) is 18.9 Å². The maximum Gasteiger partial charge on any atom is 0.220 e. The quantitative estimate of drug-likeness (QED) is 0.0263. The molecule has 67 heavy (non-hydrogen) atoms. The van der Waals surface area contributed by atoms with Gasteiger partial charge in [0.1, 0.15) is 48.8 Å². The van der Waals surface area contributed by atoms with Gasteiger partial charge in [-0.15, -0.1) is 0 Å². The number of carbonyl (C=O) groups excluding carboxylic acids is 1. The summed E-state index contributed by atoms with van der Waals surface area (Å²) in [4.78, 5) is 13.2. The summed E-state index contributed by atoms with van der Waals surface area (Å²) < 4.78 is 22.7. The Hall–Kier alpha value is -1.01. The van der Waals surface area contributed by atoms with E-state index in [0.717, 1.165) is 51.4 Å². The van der Waals surface area contributed by atoms with Gasteiger partial charge in [0.2, 0.25) is 5.91 Å². The van der Waals surface area contributed by atoms with Crippen LogP contribution in [-0.4, -0.2) is 140 Å². The number of amides is 1. The zero-order valence-electron chi connectivity index (χ0n) is 42.4. The number of rotatable bonds is 44. The minimum Gasteiger partial charge on any atom is -0.394 e. The number of carbonyl (C=O) groups is 1. The molecule has 0 aromatic heterocycles. The monoisotopic (exact) mass is 962 g/mol. The Balaban J connectivity index is 1.66. The molecule has 2 aliphatic heterocycles. The van der Waals surface area contributed by atoms with Gasteiger partial charge in [-0.05, 0) is 12.8 Å². The lowest BCUT2D eigenvalue weighted by atomic mass is 9.97. The first-order valence-electron chi connectivity index (χ1n) is 27.8. The van der Waals surface area contributed by atoms with E-state index in [2.05, 4.69) is 19.2 Å². The maximum atomic E-state index is 13.2. The lowest BCUT2D eigenvalue weighted by Gasteiger charge is -2.46. The SMILES string of the molecule is CCCCCCCCCCCCCCCCCCCCCCCCCCCC(=O)NC(COC1OC(CO)C(OC2OC(CO)C(O)C(O)C2O)C(O)C1O)C(O)CCCCCCCCCC. The van der Waals surface area contributed by atoms with Crippen LogP contribution in [0.5, 0.6) is 0 Å². The summed E-state index contributed by atoms with van der Waals surface area (Å²) in [6.07, 6.45) is 25.7. The maximum absolute atomic E-state index is 13.2. The second-order valence-corrected chi connectivity index (χ2v) is 20.1. The zero-order valence-corrected chi connectivity index (χ0v) is 42.4. The number of nitrogens with one attached hydrogen (secondary N) is 1. The first-order valence-corrected chi connectivity index (χ1v) is 27.8. The normalized spacial score (nSPS) is 26.5. The Labute approximate surface area is 406 Å². The molecule has 12 unspecified atom stereocenters. The molecule has 2 heterocycles. The number of aliphatic hydroxyl groups is 8. The van der Waals surface area contributed by atoms with Crippen molar-refractivity contribution in [3.05, 3.63) is 0 Å². The Morgan fingerprint density at radius 3 is 1.27 bits per heavy atom. The second kappa shape index (κ2) is 40.6. The van der Waals surface area contributed by atoms with Crippen molar-refractivity contribution in [1.29, 1.82) is 0 Å². The summed E-state index contributed by atoms with van der Waals surface area (Å²) in [6.45, 7) is 2.84. The number of ether oxygens (including phenoxy) is 4. The lowest BCUT2D eigenvalue weighted by Crippen LogP contribution is -2.65. The van der Waals surface area contributed by atoms with E-state index in [9.17, 15) is 45.6 Å². The smallest absolute Gasteiger partial charge is 0.220 e. The van der Waals surface area contributed by atoms with E-state index in [1.807, 2.05) is 0 Å². The van der Waals surface area contributed by atoms with E-state index in [-0.39, 0.29) is 12.5 Å². The summed E-state index contributed by atoms with van der Waals surface area (Å²) in [6, 6.07) is -0.820. The van der Waals surface area contributed by atoms with Crippen LogP contribution in [0.2, 0.25) is 0 Å². The molecule has 2 aliphatic rings. The first kappa shape index (κ1) is 62.1. The summed E-state index contributed by atoms with van der Waals surface area (Å²) in [5, 5.41) is 86.7. The first-order chi connectivity index (χ1) is 32.6. The molecular formula is C53H103NO13. The highest BCUT2D eigenvalue weighted by Gasteiger charge is 2.51. The number of hydrogen-bond donors (Lipinski definition) is 9. The third-order valence-corrected chi connectivity index (χ3v) is 14.1. The van der Waals surface area contributed by atoms with Gasteiger partial charge < -0.3 is 65.1 Å². The van der Waals surface area contributed by atoms with Crippen LogP contribution in [-0.2, 0) is 23.7 Å². The standard InChI is InChI=1S/C53H103NO13/c1-3-5-7-9-11-13-14-15-16-17-18-19-20-21-22-23-24-25-26-27-28-29-31-33-35-37-45(58)54-41(42(57)36-34-32-30-12-10-8-6-4-2)40-64-52-50(63)48(61)51(44(39-56)66-52)67-53-49(62)47(60)46(59)43(38-55)65-53/h41-44,46-53,55-57,59-63H,3-40H2,1-2H3,(H,54,58). The highest BCUT2D eigenvalue weighted by molar-refractivity contribution is 5.76. The van der Waals surface area contributed by atoms with E-state index in [1.165, 1.54) is 161 Å². The summed E-state index contributed by atoms with van der Waals surface area (Å²) >= 11 is 0. The van der Waals surface area contributed by atoms with Gasteiger partial charge in [0.25, 0.3) is 0 Å². The van der Waals surface area contributed by atoms with Gasteiger partial charge in [-0.25, -0.2) is 0 Å². The largest absolute Gasteiger partial charge is 0.394 e. The van der Waals surface area contributed by atoms with Gasteiger partial charge in [-0.3, -0.25) is 4.79 Å². The van der Waals surface area contributed by atoms with Gasteiger partial charge in [-0.1, -0.05) is 219 Å². The highest BCUT2D eigenvalue weighted by Crippen LogP contribution is 2.30. The van der Waals surface area contributed by atoms with Crippen molar-refractivity contribution in [1.82, 2.24) is 5.32 Å². The summed E-state index contributed by atoms with van der Waals surface area (Å²) in [5.41, 5.74) is 0. The Morgan fingerprint density at radius 1 is 0.478 bits per heavy atom. The molecule has 0 aliphatic carbocycles. The van der Waals surface area contributed by atoms with Crippen molar-refractivity contribution in [2.45, 2.75) is 312 Å². The zero-order chi connectivity index (χ0) is 48.9. The molecule has 9 N–H and O–H groups in total. The second-order valence-electron chi connectivity index (χ2n) is 20.1. The fourth-order valence-corrected chi connectivity index (χ4v) is 9.53. The van der Waals surface area contributed by atoms with Gasteiger partial charge in [0, 0.05) is 6.42 Å². The van der Waals surface area contributed by atoms with Crippen molar-refractivity contribution in [3.63, 3.8) is 0 Å². The van der Waals surface area contributed by atoms with E-state index >= 15 is 0 Å². The van der Waals surface area contributed by atoms with Crippen LogP contribution in [0.3, 0.4) is 0 Å². The minimum absolute atomic E-state index is 0.205. The van der Waals surface area contributed by atoms with Crippen LogP contribution in [0.15, 0.2) is 0 Å². The van der Waals surface area contributed by atoms with Crippen LogP contribution >= 0.6 is 0 Å². The fraction of sp³-hybridized carbons (Fsp3) is 0.981. The van der Waals surface area contributed by atoms with Crippen LogP contribution in [0.4, 0.5) is 0 Å². The summed E-state index contributed by atoms with van der Waals surface area (Å²) in [5.74, 6) is -0.205. The van der Waals surface area contributed by atoms with E-state index in [0.29, 0.717) is 12.8 Å². The lowest BCUT2D eigenvalue weighted by molar-refractivity contribution is -0.359. The molecule has 2 rings (SSSR count). The van der Waals surface area contributed by atoms with Crippen LogP contribution in [0, 0.1) is 0 Å². The highest BCUT2D eigenvalue weighted by atomic mass is 16.7. The molecule has 0 radical (unpaired) electrons. The molecule has 398 valence electrons. The number of hydrogen-bond acceptors (Lipinski definition) is 13. The van der Waals surface area contributed by atoms with Crippen molar-refractivity contribution >= 4 is 5.91 Å². The molecule has 2 fully saturated rings. The molecule has 14 heteroatoms. The minimum atomic E-state index is -1.78. The Bertz CT molecular complexity index is 1140. The van der Waals surface area contributed by atoms with E-state index in [1.54, 1.807) is 0 Å². The van der Waals surface area contributed by atoms with Crippen molar-refractivity contribution in [2.75, 3.05) is 19.8 Å². The van der Waals surface area contributed by atoms with E-state index < -0.39 is 86.8 Å². The fourth-order valence-electron chi connectivity index (χ4n) is 9.53. The van der Waals surface area contributed by atoms with Gasteiger partial charge in [-0.2, -0.15) is 0 Å². The molecule has 2 saturated heterocycles. The average Bonchev–Trinajstić information content (AvgIpc) is 3.32. The molecule has 0 spiro atoms. The predicted octanol–water partition coefficient (Wildman–Crippen LogP) is 8.17. The third kappa shape index (κ3) is 27.4. The molecule has 0 saturated carbocycles. The molecule has 12 atom stereocenters. The number of aliphatic hydroxyl groups excluding tert-OH is 8. The van der Waals surface area contributed by atoms with Gasteiger partial charge >= 0.3 is 0 Å². The van der Waals surface area contributed by atoms with Crippen LogP contribution < -0.4 is 5.32 Å². The average molecular weight is 962 g/mol. The number of unbranched alkanes of at least 4 members (excludes halogenated alkanes) is 31. The van der Waals surface area contributed by atoms with Gasteiger partial charge in [0.15, 0.2) is 12.6 Å². The molecule has 1 amide bonds. The van der Waals surface area contributed by atoms with Crippen LogP contribution in [0.1, 0.15) is 239 Å². The molecular weight excluding hydrogens is 859 g/mol. The Morgan fingerprint density at radius 2 is 0.851 bits per heavy atom. The third-order valence-electron chi connectivity index (χ3n) is 14.1. The van der Waals surface area contributed by atoms with Crippen molar-refractivity contribution in [2.24, 2.45) is 0 Å². The molecule has 14 nitrogen and oxygen atoms in total. The van der Waals surface area contributed by atoms with Crippen molar-refractivity contribution < 1.29 is 64.6 Å². The molecule has 0 aromatic rings. The Kier molecular flexibility index (Phi) is 37.6. The molecule has 0 bridgehead atoms. The van der Waals surface area contributed by atoms with Crippen LogP contribution in [0.25, 0.3) is 0 Å².